The second-order valence-corrected chi connectivity index (χ2v) is 4.48. The molecule has 1 amide bonds. The summed E-state index contributed by atoms with van der Waals surface area (Å²) < 4.78 is 0. The molecule has 0 saturated carbocycles. The molecule has 2 nitrogen and oxygen atoms in total. The van der Waals surface area contributed by atoms with Crippen LogP contribution in [-0.2, 0) is 4.79 Å². The molecule has 1 N–H and O–H groups in total. The SMILES string of the molecule is Cc1ccc(Cl)c(NC(=O)C(C)C)c1Cl. The molecule has 0 atom stereocenters. The fourth-order valence-corrected chi connectivity index (χ4v) is 1.50. The van der Waals surface area contributed by atoms with Crippen molar-refractivity contribution in [2.75, 3.05) is 5.32 Å². The lowest BCUT2D eigenvalue weighted by molar-refractivity contribution is -0.118. The van der Waals surface area contributed by atoms with Gasteiger partial charge in [0, 0.05) is 5.92 Å². The fraction of sp³-hybridized carbons (Fsp3) is 0.364. The maximum Gasteiger partial charge on any atom is 0.227 e. The monoisotopic (exact) mass is 245 g/mol. The lowest BCUT2D eigenvalue weighted by Gasteiger charge is -2.12. The maximum absolute atomic E-state index is 11.5. The zero-order chi connectivity index (χ0) is 11.6. The van der Waals surface area contributed by atoms with E-state index in [4.69, 9.17) is 23.2 Å². The summed E-state index contributed by atoms with van der Waals surface area (Å²) in [6, 6.07) is 3.54. The van der Waals surface area contributed by atoms with E-state index in [1.807, 2.05) is 26.8 Å². The zero-order valence-corrected chi connectivity index (χ0v) is 10.4. The fourth-order valence-electron chi connectivity index (χ4n) is 1.04. The molecule has 1 aromatic carbocycles. The molecule has 0 aliphatic carbocycles. The van der Waals surface area contributed by atoms with E-state index >= 15 is 0 Å². The molecule has 0 fully saturated rings. The van der Waals surface area contributed by atoms with E-state index in [-0.39, 0.29) is 11.8 Å². The number of carbonyl (C=O) groups is 1. The minimum Gasteiger partial charge on any atom is -0.323 e. The highest BCUT2D eigenvalue weighted by atomic mass is 35.5. The summed E-state index contributed by atoms with van der Waals surface area (Å²) >= 11 is 12.0. The summed E-state index contributed by atoms with van der Waals surface area (Å²) in [5, 5.41) is 3.67. The molecule has 0 aromatic heterocycles. The number of hydrogen-bond acceptors (Lipinski definition) is 1. The van der Waals surface area contributed by atoms with Crippen LogP contribution in [-0.4, -0.2) is 5.91 Å². The Balaban J connectivity index is 3.04. The van der Waals surface area contributed by atoms with Gasteiger partial charge in [0.25, 0.3) is 0 Å². The number of amides is 1. The number of benzene rings is 1. The third-order valence-electron chi connectivity index (χ3n) is 2.06. The van der Waals surface area contributed by atoms with Crippen molar-refractivity contribution in [2.45, 2.75) is 20.8 Å². The van der Waals surface area contributed by atoms with E-state index in [1.165, 1.54) is 0 Å². The summed E-state index contributed by atoms with van der Waals surface area (Å²) in [7, 11) is 0. The molecule has 0 saturated heterocycles. The quantitative estimate of drug-likeness (QED) is 0.842. The van der Waals surface area contributed by atoms with Crippen molar-refractivity contribution in [3.8, 4) is 0 Å². The van der Waals surface area contributed by atoms with Crippen LogP contribution < -0.4 is 5.32 Å². The van der Waals surface area contributed by atoms with Crippen LogP contribution in [0.3, 0.4) is 0 Å². The van der Waals surface area contributed by atoms with Crippen LogP contribution in [0, 0.1) is 12.8 Å². The van der Waals surface area contributed by atoms with Gasteiger partial charge in [-0.05, 0) is 18.6 Å². The van der Waals surface area contributed by atoms with Crippen molar-refractivity contribution in [1.82, 2.24) is 0 Å². The number of carbonyl (C=O) groups excluding carboxylic acids is 1. The number of rotatable bonds is 2. The van der Waals surface area contributed by atoms with Gasteiger partial charge in [-0.1, -0.05) is 43.1 Å². The van der Waals surface area contributed by atoms with Gasteiger partial charge in [-0.3, -0.25) is 4.79 Å². The van der Waals surface area contributed by atoms with E-state index in [0.29, 0.717) is 15.7 Å². The minimum absolute atomic E-state index is 0.0931. The molecule has 0 heterocycles. The molecule has 0 aliphatic heterocycles. The molecule has 0 spiro atoms. The Hall–Kier alpha value is -0.730. The highest BCUT2D eigenvalue weighted by Crippen LogP contribution is 2.33. The number of hydrogen-bond donors (Lipinski definition) is 1. The van der Waals surface area contributed by atoms with E-state index in [9.17, 15) is 4.79 Å². The van der Waals surface area contributed by atoms with Gasteiger partial charge >= 0.3 is 0 Å². The number of aryl methyl sites for hydroxylation is 1. The van der Waals surface area contributed by atoms with E-state index in [2.05, 4.69) is 5.32 Å². The maximum atomic E-state index is 11.5. The smallest absolute Gasteiger partial charge is 0.227 e. The zero-order valence-electron chi connectivity index (χ0n) is 8.90. The predicted molar refractivity (Wildman–Crippen MR) is 64.7 cm³/mol. The molecule has 4 heteroatoms. The Bertz CT molecular complexity index is 388. The van der Waals surface area contributed by atoms with Crippen LogP contribution in [0.2, 0.25) is 10.0 Å². The standard InChI is InChI=1S/C11H13Cl2NO/c1-6(2)11(15)14-10-8(12)5-4-7(3)9(10)13/h4-6H,1-3H3,(H,14,15). The van der Waals surface area contributed by atoms with Crippen LogP contribution in [0.1, 0.15) is 19.4 Å². The highest BCUT2D eigenvalue weighted by molar-refractivity contribution is 6.40. The summed E-state index contributed by atoms with van der Waals surface area (Å²) in [6.45, 7) is 5.49. The Morgan fingerprint density at radius 3 is 2.47 bits per heavy atom. The van der Waals surface area contributed by atoms with Crippen LogP contribution >= 0.6 is 23.2 Å². The Kier molecular flexibility index (Phi) is 4.00. The van der Waals surface area contributed by atoms with Crippen molar-refractivity contribution >= 4 is 34.8 Å². The van der Waals surface area contributed by atoms with Crippen LogP contribution in [0.5, 0.6) is 0 Å². The van der Waals surface area contributed by atoms with Gasteiger partial charge in [0.2, 0.25) is 5.91 Å². The number of nitrogens with one attached hydrogen (secondary N) is 1. The third-order valence-corrected chi connectivity index (χ3v) is 2.86. The Morgan fingerprint density at radius 1 is 1.33 bits per heavy atom. The van der Waals surface area contributed by atoms with Crippen molar-refractivity contribution in [1.29, 1.82) is 0 Å². The molecule has 0 bridgehead atoms. The first-order chi connectivity index (χ1) is 6.93. The van der Waals surface area contributed by atoms with Gasteiger partial charge in [0.15, 0.2) is 0 Å². The first kappa shape index (κ1) is 12.3. The van der Waals surface area contributed by atoms with Gasteiger partial charge in [0.05, 0.1) is 15.7 Å². The van der Waals surface area contributed by atoms with Crippen molar-refractivity contribution in [3.05, 3.63) is 27.7 Å². The van der Waals surface area contributed by atoms with Crippen molar-refractivity contribution < 1.29 is 4.79 Å². The summed E-state index contributed by atoms with van der Waals surface area (Å²) in [5.41, 5.74) is 1.39. The first-order valence-electron chi connectivity index (χ1n) is 4.69. The van der Waals surface area contributed by atoms with E-state index in [1.54, 1.807) is 6.07 Å². The van der Waals surface area contributed by atoms with Crippen molar-refractivity contribution in [3.63, 3.8) is 0 Å². The lowest BCUT2D eigenvalue weighted by Crippen LogP contribution is -2.18. The summed E-state index contributed by atoms with van der Waals surface area (Å²) in [4.78, 5) is 11.5. The Morgan fingerprint density at radius 2 is 1.93 bits per heavy atom. The Labute approximate surface area is 99.6 Å². The van der Waals surface area contributed by atoms with Crippen LogP contribution in [0.25, 0.3) is 0 Å². The molecule has 1 rings (SSSR count). The second-order valence-electron chi connectivity index (χ2n) is 3.70. The molecule has 0 aliphatic rings. The van der Waals surface area contributed by atoms with Crippen molar-refractivity contribution in [2.24, 2.45) is 5.92 Å². The summed E-state index contributed by atoms with van der Waals surface area (Å²) in [6.07, 6.45) is 0. The topological polar surface area (TPSA) is 29.1 Å². The molecule has 0 unspecified atom stereocenters. The summed E-state index contributed by atoms with van der Waals surface area (Å²) in [5.74, 6) is -0.193. The first-order valence-corrected chi connectivity index (χ1v) is 5.44. The van der Waals surface area contributed by atoms with E-state index < -0.39 is 0 Å². The predicted octanol–water partition coefficient (Wildman–Crippen LogP) is 3.90. The molecule has 15 heavy (non-hydrogen) atoms. The van der Waals surface area contributed by atoms with E-state index in [0.717, 1.165) is 5.56 Å². The molecular weight excluding hydrogens is 233 g/mol. The van der Waals surface area contributed by atoms with Gasteiger partial charge < -0.3 is 5.32 Å². The second kappa shape index (κ2) is 4.86. The molecule has 1 aromatic rings. The van der Waals surface area contributed by atoms with Gasteiger partial charge in [0.1, 0.15) is 0 Å². The highest BCUT2D eigenvalue weighted by Gasteiger charge is 2.13. The minimum atomic E-state index is -0.0994. The largest absolute Gasteiger partial charge is 0.323 e. The van der Waals surface area contributed by atoms with Crippen LogP contribution in [0.15, 0.2) is 12.1 Å². The average molecular weight is 246 g/mol. The number of halogens is 2. The number of anilines is 1. The average Bonchev–Trinajstić information content (AvgIpc) is 2.18. The molecule has 82 valence electrons. The molecule has 0 radical (unpaired) electrons. The van der Waals surface area contributed by atoms with Gasteiger partial charge in [-0.2, -0.15) is 0 Å². The van der Waals surface area contributed by atoms with Crippen LogP contribution in [0.4, 0.5) is 5.69 Å². The van der Waals surface area contributed by atoms with Gasteiger partial charge in [-0.25, -0.2) is 0 Å². The third kappa shape index (κ3) is 2.86. The van der Waals surface area contributed by atoms with Gasteiger partial charge in [-0.15, -0.1) is 0 Å². The lowest BCUT2D eigenvalue weighted by atomic mass is 10.2. The molecular formula is C11H13Cl2NO. The normalized spacial score (nSPS) is 10.5.